The zero-order chi connectivity index (χ0) is 13.7. The molecule has 0 fully saturated rings. The topological polar surface area (TPSA) is 72.9 Å². The van der Waals surface area contributed by atoms with E-state index in [2.05, 4.69) is 10.3 Å². The summed E-state index contributed by atoms with van der Waals surface area (Å²) in [5, 5.41) is 2.91. The fraction of sp³-hybridized carbons (Fsp3) is 0.286. The van der Waals surface area contributed by atoms with Crippen LogP contribution in [0.3, 0.4) is 0 Å². The number of nitrogen functional groups attached to an aromatic ring is 1. The van der Waals surface area contributed by atoms with E-state index in [1.807, 2.05) is 17.7 Å². The van der Waals surface area contributed by atoms with Gasteiger partial charge in [-0.2, -0.15) is 0 Å². The van der Waals surface area contributed by atoms with E-state index in [1.165, 1.54) is 0 Å². The third-order valence-corrected chi connectivity index (χ3v) is 2.93. The SMILES string of the molecule is Cc1cc(N)ccc1C(=O)NCCCn1ccnc1. The van der Waals surface area contributed by atoms with Gasteiger partial charge in [0.2, 0.25) is 0 Å². The van der Waals surface area contributed by atoms with Crippen molar-refractivity contribution < 1.29 is 4.79 Å². The largest absolute Gasteiger partial charge is 0.399 e. The number of carbonyl (C=O) groups is 1. The summed E-state index contributed by atoms with van der Waals surface area (Å²) < 4.78 is 1.99. The minimum Gasteiger partial charge on any atom is -0.399 e. The number of benzene rings is 1. The number of nitrogens with one attached hydrogen (secondary N) is 1. The van der Waals surface area contributed by atoms with Gasteiger partial charge in [-0.25, -0.2) is 4.98 Å². The van der Waals surface area contributed by atoms with E-state index in [0.29, 0.717) is 17.8 Å². The summed E-state index contributed by atoms with van der Waals surface area (Å²) in [4.78, 5) is 15.9. The van der Waals surface area contributed by atoms with Crippen molar-refractivity contribution in [2.75, 3.05) is 12.3 Å². The molecule has 0 radical (unpaired) electrons. The number of rotatable bonds is 5. The van der Waals surface area contributed by atoms with Crippen molar-refractivity contribution in [3.8, 4) is 0 Å². The van der Waals surface area contributed by atoms with Gasteiger partial charge in [-0.05, 0) is 37.1 Å². The molecule has 0 unspecified atom stereocenters. The van der Waals surface area contributed by atoms with Crippen molar-refractivity contribution in [1.29, 1.82) is 0 Å². The summed E-state index contributed by atoms with van der Waals surface area (Å²) in [5.41, 5.74) is 7.91. The van der Waals surface area contributed by atoms with Crippen LogP contribution in [-0.4, -0.2) is 22.0 Å². The lowest BCUT2D eigenvalue weighted by Crippen LogP contribution is -2.25. The minimum absolute atomic E-state index is 0.0527. The highest BCUT2D eigenvalue weighted by atomic mass is 16.1. The number of hydrogen-bond donors (Lipinski definition) is 2. The number of anilines is 1. The number of imidazole rings is 1. The van der Waals surface area contributed by atoms with Crippen LogP contribution >= 0.6 is 0 Å². The standard InChI is InChI=1S/C14H18N4O/c1-11-9-12(15)3-4-13(11)14(19)17-5-2-7-18-8-6-16-10-18/h3-4,6,8-10H,2,5,7,15H2,1H3,(H,17,19). The van der Waals surface area contributed by atoms with Crippen LogP contribution in [0.5, 0.6) is 0 Å². The van der Waals surface area contributed by atoms with Gasteiger partial charge in [-0.1, -0.05) is 0 Å². The molecule has 1 heterocycles. The molecule has 5 heteroatoms. The fourth-order valence-electron chi connectivity index (χ4n) is 1.92. The van der Waals surface area contributed by atoms with E-state index in [0.717, 1.165) is 18.5 Å². The van der Waals surface area contributed by atoms with E-state index in [1.54, 1.807) is 30.7 Å². The Hall–Kier alpha value is -2.30. The maximum Gasteiger partial charge on any atom is 0.251 e. The minimum atomic E-state index is -0.0527. The fourth-order valence-corrected chi connectivity index (χ4v) is 1.92. The molecule has 2 aromatic rings. The number of aromatic nitrogens is 2. The predicted octanol–water partition coefficient (Wildman–Crippen LogP) is 1.59. The number of carbonyl (C=O) groups excluding carboxylic acids is 1. The second-order valence-electron chi connectivity index (χ2n) is 4.48. The molecular formula is C14H18N4O. The smallest absolute Gasteiger partial charge is 0.251 e. The second kappa shape index (κ2) is 6.04. The van der Waals surface area contributed by atoms with Crippen LogP contribution in [0.2, 0.25) is 0 Å². The number of nitrogens with zero attached hydrogens (tertiary/aromatic N) is 2. The molecule has 0 aliphatic rings. The lowest BCUT2D eigenvalue weighted by Gasteiger charge is -2.08. The molecule has 1 aromatic heterocycles. The first-order valence-electron chi connectivity index (χ1n) is 6.27. The van der Waals surface area contributed by atoms with E-state index in [-0.39, 0.29) is 5.91 Å². The van der Waals surface area contributed by atoms with Crippen LogP contribution in [-0.2, 0) is 6.54 Å². The van der Waals surface area contributed by atoms with Gasteiger partial charge in [0, 0.05) is 36.7 Å². The molecule has 0 aliphatic carbocycles. The van der Waals surface area contributed by atoms with E-state index in [9.17, 15) is 4.79 Å². The Bertz CT molecular complexity index is 549. The van der Waals surface area contributed by atoms with Crippen molar-refractivity contribution in [2.24, 2.45) is 0 Å². The molecule has 0 saturated heterocycles. The maximum absolute atomic E-state index is 12.0. The monoisotopic (exact) mass is 258 g/mol. The van der Waals surface area contributed by atoms with Gasteiger partial charge < -0.3 is 15.6 Å². The van der Waals surface area contributed by atoms with Crippen LogP contribution < -0.4 is 11.1 Å². The summed E-state index contributed by atoms with van der Waals surface area (Å²) in [6.07, 6.45) is 6.30. The molecule has 2 rings (SSSR count). The summed E-state index contributed by atoms with van der Waals surface area (Å²) >= 11 is 0. The van der Waals surface area contributed by atoms with Gasteiger partial charge >= 0.3 is 0 Å². The Kier molecular flexibility index (Phi) is 4.18. The number of amides is 1. The van der Waals surface area contributed by atoms with Crippen molar-refractivity contribution in [2.45, 2.75) is 19.9 Å². The number of nitrogens with two attached hydrogens (primary N) is 1. The summed E-state index contributed by atoms with van der Waals surface area (Å²) in [5.74, 6) is -0.0527. The highest BCUT2D eigenvalue weighted by Crippen LogP contribution is 2.12. The van der Waals surface area contributed by atoms with Crippen molar-refractivity contribution >= 4 is 11.6 Å². The molecule has 0 bridgehead atoms. The molecule has 0 aliphatic heterocycles. The van der Waals surface area contributed by atoms with Crippen LogP contribution in [0, 0.1) is 6.92 Å². The Morgan fingerprint density at radius 1 is 1.47 bits per heavy atom. The normalized spacial score (nSPS) is 10.4. The lowest BCUT2D eigenvalue weighted by atomic mass is 10.1. The summed E-state index contributed by atoms with van der Waals surface area (Å²) in [6.45, 7) is 3.37. The van der Waals surface area contributed by atoms with Crippen LogP contribution in [0.15, 0.2) is 36.9 Å². The highest BCUT2D eigenvalue weighted by molar-refractivity contribution is 5.95. The van der Waals surface area contributed by atoms with Gasteiger partial charge in [-0.15, -0.1) is 0 Å². The van der Waals surface area contributed by atoms with E-state index >= 15 is 0 Å². The zero-order valence-corrected chi connectivity index (χ0v) is 11.0. The molecule has 0 saturated carbocycles. The molecule has 3 N–H and O–H groups in total. The van der Waals surface area contributed by atoms with Crippen molar-refractivity contribution in [1.82, 2.24) is 14.9 Å². The summed E-state index contributed by atoms with van der Waals surface area (Å²) in [6, 6.07) is 5.31. The van der Waals surface area contributed by atoms with Gasteiger partial charge in [0.25, 0.3) is 5.91 Å². The number of aryl methyl sites for hydroxylation is 2. The second-order valence-corrected chi connectivity index (χ2v) is 4.48. The van der Waals surface area contributed by atoms with Gasteiger partial charge in [0.05, 0.1) is 6.33 Å². The third kappa shape index (κ3) is 3.58. The first kappa shape index (κ1) is 13.1. The van der Waals surface area contributed by atoms with Gasteiger partial charge in [0.15, 0.2) is 0 Å². The molecule has 0 atom stereocenters. The quantitative estimate of drug-likeness (QED) is 0.632. The van der Waals surface area contributed by atoms with Crippen LogP contribution in [0.4, 0.5) is 5.69 Å². The first-order valence-corrected chi connectivity index (χ1v) is 6.27. The van der Waals surface area contributed by atoms with Crippen molar-refractivity contribution in [3.05, 3.63) is 48.0 Å². The molecule has 1 amide bonds. The Balaban J connectivity index is 1.81. The molecule has 100 valence electrons. The number of hydrogen-bond acceptors (Lipinski definition) is 3. The van der Waals surface area contributed by atoms with E-state index in [4.69, 9.17) is 5.73 Å². The molecular weight excluding hydrogens is 240 g/mol. The van der Waals surface area contributed by atoms with Crippen LogP contribution in [0.25, 0.3) is 0 Å². The van der Waals surface area contributed by atoms with Crippen molar-refractivity contribution in [3.63, 3.8) is 0 Å². The van der Waals surface area contributed by atoms with Crippen LogP contribution in [0.1, 0.15) is 22.3 Å². The average molecular weight is 258 g/mol. The molecule has 19 heavy (non-hydrogen) atoms. The van der Waals surface area contributed by atoms with E-state index < -0.39 is 0 Å². The Labute approximate surface area is 112 Å². The maximum atomic E-state index is 12.0. The lowest BCUT2D eigenvalue weighted by molar-refractivity contribution is 0.0952. The summed E-state index contributed by atoms with van der Waals surface area (Å²) in [7, 11) is 0. The van der Waals surface area contributed by atoms with Gasteiger partial charge in [-0.3, -0.25) is 4.79 Å². The molecule has 5 nitrogen and oxygen atoms in total. The Morgan fingerprint density at radius 2 is 2.32 bits per heavy atom. The average Bonchev–Trinajstić information content (AvgIpc) is 2.87. The highest BCUT2D eigenvalue weighted by Gasteiger charge is 2.07. The first-order chi connectivity index (χ1) is 9.16. The Morgan fingerprint density at radius 3 is 3.00 bits per heavy atom. The molecule has 0 spiro atoms. The molecule has 1 aromatic carbocycles. The zero-order valence-electron chi connectivity index (χ0n) is 11.0. The predicted molar refractivity (Wildman–Crippen MR) is 74.8 cm³/mol. The van der Waals surface area contributed by atoms with Gasteiger partial charge in [0.1, 0.15) is 0 Å². The third-order valence-electron chi connectivity index (χ3n) is 2.93.